The van der Waals surface area contributed by atoms with Crippen LogP contribution >= 0.6 is 0 Å². The average Bonchev–Trinajstić information content (AvgIpc) is 2.70. The van der Waals surface area contributed by atoms with Crippen molar-refractivity contribution in [2.24, 2.45) is 22.7 Å². The van der Waals surface area contributed by atoms with Gasteiger partial charge in [-0.2, -0.15) is 0 Å². The summed E-state index contributed by atoms with van der Waals surface area (Å²) >= 11 is 0.234. The Morgan fingerprint density at radius 2 is 1.68 bits per heavy atom. The summed E-state index contributed by atoms with van der Waals surface area (Å²) in [4.78, 5) is 0.285. The van der Waals surface area contributed by atoms with Crippen molar-refractivity contribution < 1.29 is 14.6 Å². The van der Waals surface area contributed by atoms with E-state index in [1.807, 2.05) is 13.8 Å². The van der Waals surface area contributed by atoms with Crippen molar-refractivity contribution in [3.8, 4) is 0 Å². The van der Waals surface area contributed by atoms with Gasteiger partial charge in [0.25, 0.3) is 0 Å². The molecule has 0 aromatic heterocycles. The van der Waals surface area contributed by atoms with Crippen LogP contribution in [0.2, 0.25) is 4.82 Å². The number of aliphatic hydroxyl groups is 1. The van der Waals surface area contributed by atoms with Crippen LogP contribution in [-0.4, -0.2) is 44.2 Å². The molecule has 2 saturated carbocycles. The first kappa shape index (κ1) is 20.9. The van der Waals surface area contributed by atoms with Crippen LogP contribution in [0.1, 0.15) is 60.8 Å². The van der Waals surface area contributed by atoms with Gasteiger partial charge >= 0.3 is 177 Å². The maximum atomic E-state index is 12.0. The second kappa shape index (κ2) is 6.82. The molecule has 3 nitrogen and oxygen atoms in total. The molecule has 0 bridgehead atoms. The van der Waals surface area contributed by atoms with E-state index in [0.29, 0.717) is 12.5 Å². The average molecular weight is 452 g/mol. The van der Waals surface area contributed by atoms with E-state index in [1.54, 1.807) is 0 Å². The summed E-state index contributed by atoms with van der Waals surface area (Å²) in [6.07, 6.45) is 3.44. The van der Waals surface area contributed by atoms with Gasteiger partial charge in [-0.15, -0.1) is 0 Å². The third-order valence-electron chi connectivity index (χ3n) is 8.04. The molecule has 1 aliphatic heterocycles. The van der Waals surface area contributed by atoms with Crippen molar-refractivity contribution in [3.63, 3.8) is 0 Å². The zero-order valence-electron chi connectivity index (χ0n) is 18.2. The van der Waals surface area contributed by atoms with Gasteiger partial charge in [-0.25, -0.2) is 0 Å². The standard InChI is InChI=1S/C24H36O3Se/c1-21(2)13-12-19-23(5)17(21)14-20(28-16-10-8-7-9-11-16)24(6,25)18(23)15-26-22(3,4)27-19/h7-11,17-20,25H,12-15H2,1-6H3/t17-,18+,19+,20-,23+,24-/m1/s1. The SMILES string of the molecule is CC1(C)OC[C@@H]2[C@@](C)(O)[C@H]([Se]c3ccccc3)C[C@@H]3C(C)(C)CC[C@H](O1)[C@@]32C. The fourth-order valence-electron chi connectivity index (χ4n) is 6.43. The van der Waals surface area contributed by atoms with Gasteiger partial charge in [-0.05, 0) is 0 Å². The molecule has 1 aromatic rings. The summed E-state index contributed by atoms with van der Waals surface area (Å²) in [7, 11) is 0. The molecule has 2 aliphatic carbocycles. The predicted molar refractivity (Wildman–Crippen MR) is 114 cm³/mol. The molecule has 4 rings (SSSR count). The van der Waals surface area contributed by atoms with Crippen molar-refractivity contribution in [2.45, 2.75) is 83.1 Å². The Hall–Kier alpha value is -0.381. The summed E-state index contributed by atoms with van der Waals surface area (Å²) < 4.78 is 14.2. The molecule has 0 amide bonds. The molecule has 0 spiro atoms. The van der Waals surface area contributed by atoms with Gasteiger partial charge in [0.2, 0.25) is 0 Å². The quantitative estimate of drug-likeness (QED) is 0.686. The minimum absolute atomic E-state index is 0.0672. The number of benzene rings is 1. The molecule has 3 fully saturated rings. The topological polar surface area (TPSA) is 38.7 Å². The van der Waals surface area contributed by atoms with Gasteiger partial charge in [0.1, 0.15) is 0 Å². The Kier molecular flexibility index (Phi) is 5.08. The van der Waals surface area contributed by atoms with Gasteiger partial charge in [0.15, 0.2) is 0 Å². The van der Waals surface area contributed by atoms with Gasteiger partial charge < -0.3 is 0 Å². The number of rotatable bonds is 2. The van der Waals surface area contributed by atoms with Crippen LogP contribution in [0.5, 0.6) is 0 Å². The summed E-state index contributed by atoms with van der Waals surface area (Å²) in [6.45, 7) is 14.0. The molecule has 3 aliphatic rings. The zero-order chi connectivity index (χ0) is 20.4. The Balaban J connectivity index is 1.76. The summed E-state index contributed by atoms with van der Waals surface area (Å²) in [6, 6.07) is 10.7. The van der Waals surface area contributed by atoms with Crippen LogP contribution < -0.4 is 4.46 Å². The Morgan fingerprint density at radius 1 is 1.00 bits per heavy atom. The molecule has 4 heteroatoms. The van der Waals surface area contributed by atoms with Crippen LogP contribution in [0.4, 0.5) is 0 Å². The van der Waals surface area contributed by atoms with Crippen molar-refractivity contribution in [3.05, 3.63) is 30.3 Å². The van der Waals surface area contributed by atoms with Gasteiger partial charge in [0, 0.05) is 0 Å². The monoisotopic (exact) mass is 452 g/mol. The molecular weight excluding hydrogens is 415 g/mol. The Labute approximate surface area is 176 Å². The summed E-state index contributed by atoms with van der Waals surface area (Å²) in [5, 5.41) is 12.0. The van der Waals surface area contributed by atoms with Crippen molar-refractivity contribution in [1.29, 1.82) is 0 Å². The van der Waals surface area contributed by atoms with E-state index in [-0.39, 0.29) is 42.6 Å². The summed E-state index contributed by atoms with van der Waals surface area (Å²) in [5.41, 5.74) is -0.568. The third-order valence-corrected chi connectivity index (χ3v) is 11.2. The third kappa shape index (κ3) is 3.30. The maximum absolute atomic E-state index is 12.0. The van der Waals surface area contributed by atoms with Crippen LogP contribution in [0.25, 0.3) is 0 Å². The van der Waals surface area contributed by atoms with E-state index < -0.39 is 11.4 Å². The molecular formula is C24H36O3Se. The minimum atomic E-state index is -0.753. The fourth-order valence-corrected chi connectivity index (χ4v) is 9.23. The first-order valence-electron chi connectivity index (χ1n) is 10.7. The normalized spacial score (nSPS) is 44.4. The van der Waals surface area contributed by atoms with E-state index >= 15 is 0 Å². The van der Waals surface area contributed by atoms with E-state index in [4.69, 9.17) is 9.47 Å². The molecule has 1 N–H and O–H groups in total. The van der Waals surface area contributed by atoms with Crippen LogP contribution in [0, 0.1) is 22.7 Å². The van der Waals surface area contributed by atoms with Gasteiger partial charge in [-0.1, -0.05) is 0 Å². The van der Waals surface area contributed by atoms with Crippen LogP contribution in [-0.2, 0) is 9.47 Å². The first-order chi connectivity index (χ1) is 13.0. The number of hydrogen-bond acceptors (Lipinski definition) is 3. The Morgan fingerprint density at radius 3 is 2.36 bits per heavy atom. The zero-order valence-corrected chi connectivity index (χ0v) is 19.9. The molecule has 0 radical (unpaired) electrons. The van der Waals surface area contributed by atoms with E-state index in [0.717, 1.165) is 12.8 Å². The molecule has 156 valence electrons. The second-order valence-electron chi connectivity index (χ2n) is 10.7. The van der Waals surface area contributed by atoms with Crippen LogP contribution in [0.15, 0.2) is 30.3 Å². The number of hydrogen-bond donors (Lipinski definition) is 1. The van der Waals surface area contributed by atoms with Crippen molar-refractivity contribution in [2.75, 3.05) is 6.61 Å². The molecule has 1 aromatic carbocycles. The van der Waals surface area contributed by atoms with E-state index in [9.17, 15) is 5.11 Å². The van der Waals surface area contributed by atoms with Gasteiger partial charge in [0.05, 0.1) is 0 Å². The fraction of sp³-hybridized carbons (Fsp3) is 0.750. The number of ether oxygens (including phenoxy) is 2. The summed E-state index contributed by atoms with van der Waals surface area (Å²) in [5.74, 6) is 0.0189. The molecule has 6 atom stereocenters. The van der Waals surface area contributed by atoms with E-state index in [1.165, 1.54) is 10.9 Å². The van der Waals surface area contributed by atoms with Crippen LogP contribution in [0.3, 0.4) is 0 Å². The van der Waals surface area contributed by atoms with E-state index in [2.05, 4.69) is 58.0 Å². The molecule has 28 heavy (non-hydrogen) atoms. The molecule has 0 unspecified atom stereocenters. The Bertz CT molecular complexity index is 714. The van der Waals surface area contributed by atoms with Crippen molar-refractivity contribution in [1.82, 2.24) is 0 Å². The van der Waals surface area contributed by atoms with Crippen molar-refractivity contribution >= 4 is 19.4 Å². The molecule has 1 heterocycles. The van der Waals surface area contributed by atoms with Gasteiger partial charge in [-0.3, -0.25) is 0 Å². The molecule has 1 saturated heterocycles. The first-order valence-corrected chi connectivity index (χ1v) is 12.6. The predicted octanol–water partition coefficient (Wildman–Crippen LogP) is 4.17. The second-order valence-corrected chi connectivity index (χ2v) is 13.4.